The van der Waals surface area contributed by atoms with Crippen LogP contribution in [0, 0.1) is 23.5 Å². The smallest absolute Gasteiger partial charge is 0.162 e. The molecule has 0 aromatic heterocycles. The van der Waals surface area contributed by atoms with Gasteiger partial charge in [-0.05, 0) is 42.7 Å². The minimum atomic E-state index is -0.737. The van der Waals surface area contributed by atoms with Gasteiger partial charge in [0, 0.05) is 4.83 Å². The molecule has 0 nitrogen and oxygen atoms in total. The van der Waals surface area contributed by atoms with Crippen molar-refractivity contribution in [1.82, 2.24) is 0 Å². The second-order valence-corrected chi connectivity index (χ2v) is 5.81. The monoisotopic (exact) mass is 288 g/mol. The second kappa shape index (κ2) is 4.82. The van der Waals surface area contributed by atoms with Crippen LogP contribution >= 0.6 is 15.9 Å². The van der Waals surface area contributed by atoms with Gasteiger partial charge in [-0.2, -0.15) is 0 Å². The minimum Gasteiger partial charge on any atom is -0.204 e. The summed E-state index contributed by atoms with van der Waals surface area (Å²) in [6.07, 6.45) is 2.86. The quantitative estimate of drug-likeness (QED) is 0.711. The third-order valence-electron chi connectivity index (χ3n) is 3.64. The molecule has 88 valence electrons. The van der Waals surface area contributed by atoms with E-state index >= 15 is 0 Å². The first-order chi connectivity index (χ1) is 7.59. The molecule has 0 saturated heterocycles. The molecular weight excluding hydrogens is 274 g/mol. The summed E-state index contributed by atoms with van der Waals surface area (Å²) in [7, 11) is 0. The number of hydrogen-bond donors (Lipinski definition) is 0. The summed E-state index contributed by atoms with van der Waals surface area (Å²) in [4.78, 5) is 0.522. The molecule has 0 amide bonds. The predicted octanol–water partition coefficient (Wildman–Crippen LogP) is 4.32. The molecule has 1 fully saturated rings. The van der Waals surface area contributed by atoms with Crippen LogP contribution in [0.25, 0.3) is 0 Å². The molecule has 1 aromatic carbocycles. The van der Waals surface area contributed by atoms with Crippen LogP contribution in [0.15, 0.2) is 18.2 Å². The lowest BCUT2D eigenvalue weighted by atomic mass is 9.91. The van der Waals surface area contributed by atoms with Crippen LogP contribution in [0.2, 0.25) is 0 Å². The molecule has 1 aromatic rings. The summed E-state index contributed by atoms with van der Waals surface area (Å²) in [5.41, 5.74) is 0.512. The summed E-state index contributed by atoms with van der Waals surface area (Å²) in [6.45, 7) is 2.17. The van der Waals surface area contributed by atoms with Gasteiger partial charge in [-0.15, -0.1) is 0 Å². The maximum atomic E-state index is 13.5. The third kappa shape index (κ3) is 2.29. The molecule has 3 unspecified atom stereocenters. The molecule has 0 radical (unpaired) electrons. The molecule has 3 heteroatoms. The van der Waals surface area contributed by atoms with Crippen molar-refractivity contribution in [3.8, 4) is 0 Å². The Kier molecular flexibility index (Phi) is 3.63. The van der Waals surface area contributed by atoms with Gasteiger partial charge in [0.1, 0.15) is 0 Å². The van der Waals surface area contributed by atoms with E-state index < -0.39 is 11.6 Å². The summed E-state index contributed by atoms with van der Waals surface area (Å²) >= 11 is 3.62. The van der Waals surface area contributed by atoms with Crippen LogP contribution in [-0.4, -0.2) is 4.83 Å². The van der Waals surface area contributed by atoms with E-state index in [2.05, 4.69) is 22.9 Å². The highest BCUT2D eigenvalue weighted by Crippen LogP contribution is 2.38. The van der Waals surface area contributed by atoms with Crippen LogP contribution < -0.4 is 0 Å². The Labute approximate surface area is 103 Å². The van der Waals surface area contributed by atoms with Crippen molar-refractivity contribution >= 4 is 15.9 Å². The van der Waals surface area contributed by atoms with Crippen molar-refractivity contribution in [3.63, 3.8) is 0 Å². The van der Waals surface area contributed by atoms with Gasteiger partial charge in [0.05, 0.1) is 0 Å². The van der Waals surface area contributed by atoms with Crippen molar-refractivity contribution in [2.45, 2.75) is 31.0 Å². The number of rotatable bonds is 2. The molecule has 0 spiro atoms. The second-order valence-electron chi connectivity index (χ2n) is 4.63. The van der Waals surface area contributed by atoms with E-state index in [1.165, 1.54) is 6.07 Å². The standard InChI is InChI=1S/C13H15BrF2/c1-8-9(5-6-11(8)14)7-10-3-2-4-12(15)13(10)16/h2-4,8-9,11H,5-7H2,1H3. The lowest BCUT2D eigenvalue weighted by molar-refractivity contribution is 0.409. The zero-order valence-corrected chi connectivity index (χ0v) is 10.8. The summed E-state index contributed by atoms with van der Waals surface area (Å²) in [6, 6.07) is 4.44. The lowest BCUT2D eigenvalue weighted by Crippen LogP contribution is -2.14. The number of hydrogen-bond acceptors (Lipinski definition) is 0. The zero-order chi connectivity index (χ0) is 11.7. The number of benzene rings is 1. The molecule has 0 aliphatic heterocycles. The summed E-state index contributed by atoms with van der Waals surface area (Å²) in [5, 5.41) is 0. The molecule has 2 rings (SSSR count). The van der Waals surface area contributed by atoms with Gasteiger partial charge < -0.3 is 0 Å². The number of alkyl halides is 1. The summed E-state index contributed by atoms with van der Waals surface area (Å²) in [5.74, 6) is -0.422. The van der Waals surface area contributed by atoms with Gasteiger partial charge >= 0.3 is 0 Å². The fourth-order valence-corrected chi connectivity index (χ4v) is 3.17. The first-order valence-corrected chi connectivity index (χ1v) is 6.58. The van der Waals surface area contributed by atoms with Crippen molar-refractivity contribution in [2.75, 3.05) is 0 Å². The molecule has 1 aliphatic carbocycles. The first kappa shape index (κ1) is 12.0. The Morgan fingerprint density at radius 2 is 2.06 bits per heavy atom. The van der Waals surface area contributed by atoms with Crippen molar-refractivity contribution in [3.05, 3.63) is 35.4 Å². The van der Waals surface area contributed by atoms with E-state index in [-0.39, 0.29) is 0 Å². The Balaban J connectivity index is 2.12. The third-order valence-corrected chi connectivity index (χ3v) is 4.93. The predicted molar refractivity (Wildman–Crippen MR) is 64.7 cm³/mol. The molecule has 0 N–H and O–H groups in total. The average molecular weight is 289 g/mol. The maximum Gasteiger partial charge on any atom is 0.162 e. The highest BCUT2D eigenvalue weighted by atomic mass is 79.9. The topological polar surface area (TPSA) is 0 Å². The fraction of sp³-hybridized carbons (Fsp3) is 0.538. The van der Waals surface area contributed by atoms with E-state index in [0.717, 1.165) is 12.8 Å². The van der Waals surface area contributed by atoms with E-state index in [1.807, 2.05) is 0 Å². The van der Waals surface area contributed by atoms with Crippen molar-refractivity contribution in [1.29, 1.82) is 0 Å². The number of halogens is 3. The van der Waals surface area contributed by atoms with E-state index in [0.29, 0.717) is 28.6 Å². The summed E-state index contributed by atoms with van der Waals surface area (Å²) < 4.78 is 26.5. The first-order valence-electron chi connectivity index (χ1n) is 5.66. The molecule has 3 atom stereocenters. The molecule has 1 aliphatic rings. The van der Waals surface area contributed by atoms with Gasteiger partial charge in [-0.1, -0.05) is 35.0 Å². The van der Waals surface area contributed by atoms with Gasteiger partial charge in [-0.3, -0.25) is 0 Å². The van der Waals surface area contributed by atoms with Gasteiger partial charge in [0.2, 0.25) is 0 Å². The minimum absolute atomic E-state index is 0.459. The van der Waals surface area contributed by atoms with Crippen LogP contribution in [0.5, 0.6) is 0 Å². The lowest BCUT2D eigenvalue weighted by Gasteiger charge is -2.17. The zero-order valence-electron chi connectivity index (χ0n) is 9.22. The molecule has 1 saturated carbocycles. The highest BCUT2D eigenvalue weighted by Gasteiger charge is 2.31. The average Bonchev–Trinajstić information content (AvgIpc) is 2.57. The van der Waals surface area contributed by atoms with Gasteiger partial charge in [0.25, 0.3) is 0 Å². The Morgan fingerprint density at radius 3 is 2.69 bits per heavy atom. The van der Waals surface area contributed by atoms with Gasteiger partial charge in [-0.25, -0.2) is 8.78 Å². The molecule has 16 heavy (non-hydrogen) atoms. The normalized spacial score (nSPS) is 29.6. The van der Waals surface area contributed by atoms with Crippen LogP contribution in [-0.2, 0) is 6.42 Å². The highest BCUT2D eigenvalue weighted by molar-refractivity contribution is 9.09. The van der Waals surface area contributed by atoms with E-state index in [1.54, 1.807) is 12.1 Å². The fourth-order valence-electron chi connectivity index (χ4n) is 2.47. The SMILES string of the molecule is CC1C(Br)CCC1Cc1cccc(F)c1F. The van der Waals surface area contributed by atoms with E-state index in [4.69, 9.17) is 0 Å². The van der Waals surface area contributed by atoms with Crippen molar-refractivity contribution in [2.24, 2.45) is 11.8 Å². The van der Waals surface area contributed by atoms with Gasteiger partial charge in [0.15, 0.2) is 11.6 Å². The Morgan fingerprint density at radius 1 is 1.31 bits per heavy atom. The van der Waals surface area contributed by atoms with Crippen LogP contribution in [0.3, 0.4) is 0 Å². The van der Waals surface area contributed by atoms with Crippen LogP contribution in [0.1, 0.15) is 25.3 Å². The van der Waals surface area contributed by atoms with E-state index in [9.17, 15) is 8.78 Å². The molecule has 0 heterocycles. The Bertz CT molecular complexity index is 378. The van der Waals surface area contributed by atoms with Crippen molar-refractivity contribution < 1.29 is 8.78 Å². The molecule has 0 bridgehead atoms. The molecular formula is C13H15BrF2. The Hall–Kier alpha value is -0.440. The van der Waals surface area contributed by atoms with Crippen LogP contribution in [0.4, 0.5) is 8.78 Å². The maximum absolute atomic E-state index is 13.5. The largest absolute Gasteiger partial charge is 0.204 e.